The molecule has 0 radical (unpaired) electrons. The number of rotatable bonds is 7. The summed E-state index contributed by atoms with van der Waals surface area (Å²) in [4.78, 5) is 39.5. The SMILES string of the molecule is CC(C)[C@@H]1CC[C@H](C)C[C@H]1O[C@](C)(C(=O)N[C@H]1C(=O)N2[C@@H]1SC(C)(C)[C@H]2C(=O)O)C(C)C. The van der Waals surface area contributed by atoms with Crippen molar-refractivity contribution in [2.24, 2.45) is 23.7 Å². The molecule has 0 spiro atoms. The fourth-order valence-corrected chi connectivity index (χ4v) is 7.07. The number of ether oxygens (including phenoxy) is 1. The van der Waals surface area contributed by atoms with Gasteiger partial charge in [0.1, 0.15) is 23.1 Å². The van der Waals surface area contributed by atoms with Gasteiger partial charge in [0.15, 0.2) is 0 Å². The summed E-state index contributed by atoms with van der Waals surface area (Å²) in [5.74, 6) is -0.280. The normalized spacial score (nSPS) is 35.9. The van der Waals surface area contributed by atoms with Gasteiger partial charge in [0.25, 0.3) is 5.91 Å². The Morgan fingerprint density at radius 2 is 1.88 bits per heavy atom. The highest BCUT2D eigenvalue weighted by Gasteiger charge is 2.64. The second-order valence-corrected chi connectivity index (χ2v) is 13.1. The van der Waals surface area contributed by atoms with E-state index in [0.717, 1.165) is 12.8 Å². The van der Waals surface area contributed by atoms with Crippen molar-refractivity contribution in [3.8, 4) is 0 Å². The molecule has 7 nitrogen and oxygen atoms in total. The third kappa shape index (κ3) is 4.29. The maximum Gasteiger partial charge on any atom is 0.327 e. The molecular weight excluding hydrogens is 428 g/mol. The second-order valence-electron chi connectivity index (χ2n) is 11.3. The van der Waals surface area contributed by atoms with Crippen molar-refractivity contribution in [2.75, 3.05) is 0 Å². The van der Waals surface area contributed by atoms with Crippen molar-refractivity contribution in [3.05, 3.63) is 0 Å². The Morgan fingerprint density at radius 3 is 2.41 bits per heavy atom. The molecule has 2 aliphatic heterocycles. The first-order chi connectivity index (χ1) is 14.7. The summed E-state index contributed by atoms with van der Waals surface area (Å²) in [6.45, 7) is 16.1. The van der Waals surface area contributed by atoms with E-state index in [1.807, 2.05) is 34.6 Å². The summed E-state index contributed by atoms with van der Waals surface area (Å²) in [7, 11) is 0. The molecule has 3 fully saturated rings. The molecule has 2 heterocycles. The maximum absolute atomic E-state index is 13.5. The van der Waals surface area contributed by atoms with Crippen LogP contribution >= 0.6 is 11.8 Å². The molecule has 0 unspecified atom stereocenters. The molecular formula is C24H40N2O5S. The van der Waals surface area contributed by atoms with Crippen LogP contribution in [0.4, 0.5) is 0 Å². The Balaban J connectivity index is 1.76. The summed E-state index contributed by atoms with van der Waals surface area (Å²) in [5, 5.41) is 12.2. The minimum absolute atomic E-state index is 0.00155. The molecule has 2 amide bonds. The van der Waals surface area contributed by atoms with Gasteiger partial charge >= 0.3 is 5.97 Å². The number of fused-ring (bicyclic) bond motifs is 1. The van der Waals surface area contributed by atoms with Crippen LogP contribution in [0.15, 0.2) is 0 Å². The van der Waals surface area contributed by atoms with Gasteiger partial charge in [-0.1, -0.05) is 41.0 Å². The van der Waals surface area contributed by atoms with Gasteiger partial charge in [-0.25, -0.2) is 4.79 Å². The van der Waals surface area contributed by atoms with Crippen LogP contribution in [0.5, 0.6) is 0 Å². The lowest BCUT2D eigenvalue weighted by molar-refractivity contribution is -0.179. The Hall–Kier alpha value is -1.28. The van der Waals surface area contributed by atoms with E-state index in [9.17, 15) is 19.5 Å². The van der Waals surface area contributed by atoms with E-state index in [0.29, 0.717) is 17.8 Å². The van der Waals surface area contributed by atoms with Gasteiger partial charge in [0.2, 0.25) is 5.91 Å². The van der Waals surface area contributed by atoms with Gasteiger partial charge in [0, 0.05) is 4.75 Å². The quantitative estimate of drug-likeness (QED) is 0.555. The van der Waals surface area contributed by atoms with E-state index >= 15 is 0 Å². The van der Waals surface area contributed by atoms with Crippen LogP contribution in [-0.2, 0) is 19.1 Å². The number of nitrogens with zero attached hydrogens (tertiary/aromatic N) is 1. The zero-order valence-corrected chi connectivity index (χ0v) is 21.5. The summed E-state index contributed by atoms with van der Waals surface area (Å²) < 4.78 is 6.01. The van der Waals surface area contributed by atoms with Crippen LogP contribution in [-0.4, -0.2) is 61.7 Å². The van der Waals surface area contributed by atoms with Crippen LogP contribution in [0.25, 0.3) is 0 Å². The average Bonchev–Trinajstić information content (AvgIpc) is 2.93. The lowest BCUT2D eigenvalue weighted by atomic mass is 9.75. The van der Waals surface area contributed by atoms with Gasteiger partial charge in [0.05, 0.1) is 6.10 Å². The molecule has 0 aromatic heterocycles. The lowest BCUT2D eigenvalue weighted by Crippen LogP contribution is -2.72. The van der Waals surface area contributed by atoms with E-state index < -0.39 is 28.4 Å². The molecule has 182 valence electrons. The molecule has 3 rings (SSSR count). The lowest BCUT2D eigenvalue weighted by Gasteiger charge is -2.47. The van der Waals surface area contributed by atoms with E-state index in [2.05, 4.69) is 26.1 Å². The predicted octanol–water partition coefficient (Wildman–Crippen LogP) is 3.51. The molecule has 0 bridgehead atoms. The number of carbonyl (C=O) groups is 3. The van der Waals surface area contributed by atoms with E-state index in [-0.39, 0.29) is 29.2 Å². The highest BCUT2D eigenvalue weighted by atomic mass is 32.2. The highest BCUT2D eigenvalue weighted by Crippen LogP contribution is 2.51. The number of β-lactam (4-membered cyclic amide) rings is 1. The van der Waals surface area contributed by atoms with Crippen LogP contribution < -0.4 is 5.32 Å². The number of hydrogen-bond donors (Lipinski definition) is 2. The summed E-state index contributed by atoms with van der Waals surface area (Å²) in [5.41, 5.74) is -1.07. The summed E-state index contributed by atoms with van der Waals surface area (Å²) in [6.07, 6.45) is 3.21. The number of nitrogens with one attached hydrogen (secondary N) is 1. The van der Waals surface area contributed by atoms with Crippen molar-refractivity contribution < 1.29 is 24.2 Å². The third-order valence-electron chi connectivity index (χ3n) is 7.87. The Labute approximate surface area is 196 Å². The average molecular weight is 469 g/mol. The maximum atomic E-state index is 13.5. The smallest absolute Gasteiger partial charge is 0.327 e. The topological polar surface area (TPSA) is 95.9 Å². The first-order valence-electron chi connectivity index (χ1n) is 11.9. The van der Waals surface area contributed by atoms with Gasteiger partial charge in [-0.15, -0.1) is 11.8 Å². The zero-order valence-electron chi connectivity index (χ0n) is 20.7. The van der Waals surface area contributed by atoms with E-state index in [1.54, 1.807) is 0 Å². The number of thioether (sulfide) groups is 1. The van der Waals surface area contributed by atoms with Crippen molar-refractivity contribution >= 4 is 29.5 Å². The molecule has 2 saturated heterocycles. The molecule has 1 aliphatic carbocycles. The minimum Gasteiger partial charge on any atom is -0.480 e. The number of carbonyl (C=O) groups excluding carboxylic acids is 2. The zero-order chi connectivity index (χ0) is 24.2. The fourth-order valence-electron chi connectivity index (χ4n) is 5.45. The monoisotopic (exact) mass is 468 g/mol. The molecule has 8 heteroatoms. The Bertz CT molecular complexity index is 769. The van der Waals surface area contributed by atoms with Crippen molar-refractivity contribution in [2.45, 2.75) is 109 Å². The first kappa shape index (κ1) is 25.3. The minimum atomic E-state index is -1.07. The van der Waals surface area contributed by atoms with Gasteiger partial charge in [-0.3, -0.25) is 9.59 Å². The number of amides is 2. The Morgan fingerprint density at radius 1 is 1.25 bits per heavy atom. The van der Waals surface area contributed by atoms with Crippen LogP contribution in [0.3, 0.4) is 0 Å². The number of hydrogen-bond acceptors (Lipinski definition) is 5. The fraction of sp³-hybridized carbons (Fsp3) is 0.875. The molecule has 2 N–H and O–H groups in total. The van der Waals surface area contributed by atoms with Crippen LogP contribution in [0, 0.1) is 23.7 Å². The molecule has 7 atom stereocenters. The molecule has 1 saturated carbocycles. The largest absolute Gasteiger partial charge is 0.480 e. The molecule has 3 aliphatic rings. The number of aliphatic carboxylic acids is 1. The van der Waals surface area contributed by atoms with Crippen molar-refractivity contribution in [1.29, 1.82) is 0 Å². The second kappa shape index (κ2) is 8.82. The van der Waals surface area contributed by atoms with Crippen LogP contribution in [0.1, 0.15) is 74.7 Å². The third-order valence-corrected chi connectivity index (χ3v) is 9.44. The molecule has 0 aromatic rings. The highest BCUT2D eigenvalue weighted by molar-refractivity contribution is 8.01. The van der Waals surface area contributed by atoms with E-state index in [4.69, 9.17) is 4.74 Å². The predicted molar refractivity (Wildman–Crippen MR) is 125 cm³/mol. The van der Waals surface area contributed by atoms with Gasteiger partial charge < -0.3 is 20.1 Å². The Kier molecular flexibility index (Phi) is 6.99. The van der Waals surface area contributed by atoms with Gasteiger partial charge in [-0.2, -0.15) is 0 Å². The van der Waals surface area contributed by atoms with Crippen molar-refractivity contribution in [1.82, 2.24) is 10.2 Å². The summed E-state index contributed by atoms with van der Waals surface area (Å²) in [6, 6.07) is -1.61. The number of carboxylic acid groups (broad SMARTS) is 1. The van der Waals surface area contributed by atoms with Crippen LogP contribution in [0.2, 0.25) is 0 Å². The van der Waals surface area contributed by atoms with E-state index in [1.165, 1.54) is 23.1 Å². The standard InChI is InChI=1S/C24H40N2O5S/c1-12(2)15-10-9-14(5)11-16(15)31-24(8,13(3)4)22(30)25-17-19(27)26-18(21(28)29)23(6,7)32-20(17)26/h12-18,20H,9-11H2,1-8H3,(H,25,30)(H,28,29)/t14-,15-,16+,17-,18+,20+,24-/m0/s1. The molecule has 0 aromatic carbocycles. The van der Waals surface area contributed by atoms with Gasteiger partial charge in [-0.05, 0) is 57.3 Å². The summed E-state index contributed by atoms with van der Waals surface area (Å²) >= 11 is 1.44. The van der Waals surface area contributed by atoms with Crippen molar-refractivity contribution in [3.63, 3.8) is 0 Å². The first-order valence-corrected chi connectivity index (χ1v) is 12.8. The molecule has 32 heavy (non-hydrogen) atoms. The number of carboxylic acids is 1.